The van der Waals surface area contributed by atoms with Crippen LogP contribution in [-0.2, 0) is 77.3 Å². The molecule has 9 nitrogen and oxygen atoms in total. The van der Waals surface area contributed by atoms with E-state index >= 15 is 0 Å². The van der Waals surface area contributed by atoms with Crippen molar-refractivity contribution in [3.8, 4) is 0 Å². The van der Waals surface area contributed by atoms with Crippen LogP contribution in [0.1, 0.15) is 0 Å². The third-order valence-electron chi connectivity index (χ3n) is 0. The van der Waals surface area contributed by atoms with E-state index in [1.165, 1.54) is 0 Å². The normalized spacial score (nSPS) is 10.9. The minimum atomic E-state index is -5.03. The average molecular weight is 458 g/mol. The van der Waals surface area contributed by atoms with E-state index in [1.807, 2.05) is 0 Å². The molecule has 16 heteroatoms. The standard InChI is InChI=1S/3ClH.4Cr.9O/h3*1H;;;;;;;;;;;;;/q;;;3*+1;+3;;;;;;;3*-1/p-3. The van der Waals surface area contributed by atoms with Gasteiger partial charge < -0.3 is 0 Å². The second-order valence-electron chi connectivity index (χ2n) is 1.18. The van der Waals surface area contributed by atoms with Crippen LogP contribution in [0.15, 0.2) is 0 Å². The van der Waals surface area contributed by atoms with Crippen molar-refractivity contribution in [3.05, 3.63) is 0 Å². The Balaban J connectivity index is -0.0000000655. The molecule has 0 amide bonds. The molecule has 0 unspecified atom stereocenters. The van der Waals surface area contributed by atoms with Gasteiger partial charge in [0, 0.05) is 0 Å². The molecule has 0 saturated heterocycles. The Morgan fingerprint density at radius 2 is 0.562 bits per heavy atom. The van der Waals surface area contributed by atoms with E-state index in [0.29, 0.717) is 0 Å². The van der Waals surface area contributed by atoms with Crippen LogP contribution in [0.4, 0.5) is 0 Å². The number of hydrogen-bond donors (Lipinski definition) is 0. The summed E-state index contributed by atoms with van der Waals surface area (Å²) in [6.45, 7) is 0. The molecule has 0 aliphatic rings. The van der Waals surface area contributed by atoms with Crippen molar-refractivity contribution in [1.82, 2.24) is 0 Å². The molecule has 0 saturated carbocycles. The molecule has 0 aliphatic carbocycles. The molecule has 1 radical (unpaired) electrons. The van der Waals surface area contributed by atoms with Gasteiger partial charge in [-0.1, -0.05) is 0 Å². The van der Waals surface area contributed by atoms with Crippen LogP contribution in [0.3, 0.4) is 0 Å². The van der Waals surface area contributed by atoms with Gasteiger partial charge in [0.2, 0.25) is 0 Å². The van der Waals surface area contributed by atoms with Crippen LogP contribution in [0, 0.1) is 0 Å². The molecule has 0 aliphatic heterocycles. The molecule has 0 aromatic carbocycles. The number of hydrogen-bond acceptors (Lipinski definition) is 9. The first-order valence-corrected chi connectivity index (χ1v) is 11.9. The fourth-order valence-corrected chi connectivity index (χ4v) is 0. The molecule has 0 aromatic rings. The molecule has 0 rings (SSSR count). The molecule has 0 atom stereocenters. The van der Waals surface area contributed by atoms with Crippen molar-refractivity contribution in [2.24, 2.45) is 0 Å². The SMILES string of the molecule is [Cr+3].[O]=[Cr](=[O])([O-])[Cl].[O]=[Cr](=[O])([O-])[Cl].[O]=[Cr](=[O])([O-])[Cl]. The summed E-state index contributed by atoms with van der Waals surface area (Å²) in [5.41, 5.74) is 0. The Labute approximate surface area is 119 Å². The van der Waals surface area contributed by atoms with E-state index in [9.17, 15) is 0 Å². The quantitative estimate of drug-likeness (QED) is 0.390. The summed E-state index contributed by atoms with van der Waals surface area (Å²) in [4.78, 5) is 0. The van der Waals surface area contributed by atoms with E-state index in [-0.39, 0.29) is 17.4 Å². The van der Waals surface area contributed by atoms with Crippen molar-refractivity contribution in [2.75, 3.05) is 0 Å². The van der Waals surface area contributed by atoms with Crippen LogP contribution < -0.4 is 12.5 Å². The molecular formula is Cl3Cr4O9. The van der Waals surface area contributed by atoms with Crippen LogP contribution >= 0.6 is 30.1 Å². The van der Waals surface area contributed by atoms with Crippen molar-refractivity contribution in [1.29, 1.82) is 0 Å². The van der Waals surface area contributed by atoms with E-state index in [2.05, 4.69) is 30.1 Å². The molecule has 0 heterocycles. The number of halogens is 3. The van der Waals surface area contributed by atoms with Crippen molar-refractivity contribution in [3.63, 3.8) is 0 Å². The first kappa shape index (κ1) is 26.3. The molecule has 0 fully saturated rings. The Hall–Kier alpha value is 1.68. The Morgan fingerprint density at radius 3 is 0.562 bits per heavy atom. The van der Waals surface area contributed by atoms with Gasteiger partial charge in [-0.2, -0.15) is 0 Å². The predicted octanol–water partition coefficient (Wildman–Crippen LogP) is -2.22. The van der Waals surface area contributed by atoms with Gasteiger partial charge in [-0.15, -0.1) is 0 Å². The van der Waals surface area contributed by atoms with Gasteiger partial charge in [0.15, 0.2) is 0 Å². The van der Waals surface area contributed by atoms with Gasteiger partial charge in [0.25, 0.3) is 0 Å². The summed E-state index contributed by atoms with van der Waals surface area (Å²) in [5, 5.41) is 0. The van der Waals surface area contributed by atoms with Crippen molar-refractivity contribution < 1.29 is 89.7 Å². The Kier molecular flexibility index (Phi) is 17.4. The van der Waals surface area contributed by atoms with Crippen LogP contribution in [0.5, 0.6) is 0 Å². The second kappa shape index (κ2) is 10.6. The van der Waals surface area contributed by atoms with Gasteiger partial charge >= 0.3 is 120 Å². The zero-order valence-corrected chi connectivity index (χ0v) is 13.8. The third kappa shape index (κ3) is 1200. The molecule has 16 heavy (non-hydrogen) atoms. The first-order valence-electron chi connectivity index (χ1n) is 1.96. The van der Waals surface area contributed by atoms with E-state index in [4.69, 9.17) is 35.3 Å². The van der Waals surface area contributed by atoms with Crippen molar-refractivity contribution >= 4 is 30.1 Å². The van der Waals surface area contributed by atoms with Gasteiger partial charge in [-0.25, -0.2) is 0 Å². The Bertz CT molecular complexity index is 344. The average Bonchev–Trinajstić information content (AvgIpc) is 1.41. The number of rotatable bonds is 0. The van der Waals surface area contributed by atoms with Gasteiger partial charge in [-0.3, -0.25) is 0 Å². The molecule has 0 bridgehead atoms. The molecular weight excluding hydrogens is 458 g/mol. The van der Waals surface area contributed by atoms with Crippen LogP contribution in [0.25, 0.3) is 0 Å². The zero-order chi connectivity index (χ0) is 13.5. The van der Waals surface area contributed by atoms with E-state index < -0.39 is 37.1 Å². The summed E-state index contributed by atoms with van der Waals surface area (Å²) in [7, 11) is 12.1. The first-order chi connectivity index (χ1) is 6.00. The summed E-state index contributed by atoms with van der Waals surface area (Å²) in [6.07, 6.45) is 0. The zero-order valence-electron chi connectivity index (χ0n) is 6.44. The molecule has 0 spiro atoms. The maximum atomic E-state index is 8.91. The second-order valence-corrected chi connectivity index (χ2v) is 9.54. The van der Waals surface area contributed by atoms with Crippen LogP contribution in [0.2, 0.25) is 0 Å². The summed E-state index contributed by atoms with van der Waals surface area (Å²) in [5.74, 6) is 0. The summed E-state index contributed by atoms with van der Waals surface area (Å²) in [6, 6.07) is 0. The topological polar surface area (TPSA) is 172 Å². The summed E-state index contributed by atoms with van der Waals surface area (Å²) < 4.78 is 80.2. The van der Waals surface area contributed by atoms with E-state index in [1.54, 1.807) is 0 Å². The van der Waals surface area contributed by atoms with Gasteiger partial charge in [-0.05, 0) is 0 Å². The van der Waals surface area contributed by atoms with Gasteiger partial charge in [0.05, 0.1) is 0 Å². The summed E-state index contributed by atoms with van der Waals surface area (Å²) >= 11 is -15.1. The Morgan fingerprint density at radius 1 is 0.562 bits per heavy atom. The maximum absolute atomic E-state index is 8.91. The predicted molar refractivity (Wildman–Crippen MR) is 21.7 cm³/mol. The third-order valence-corrected chi connectivity index (χ3v) is 0. The fraction of sp³-hybridized carbons (Fsp3) is 0. The van der Waals surface area contributed by atoms with Crippen molar-refractivity contribution in [2.45, 2.75) is 0 Å². The monoisotopic (exact) mass is 457 g/mol. The molecule has 0 N–H and O–H groups in total. The molecule has 99 valence electrons. The fourth-order valence-electron chi connectivity index (χ4n) is 0. The van der Waals surface area contributed by atoms with Gasteiger partial charge in [0.1, 0.15) is 0 Å². The van der Waals surface area contributed by atoms with E-state index in [0.717, 1.165) is 0 Å². The minimum absolute atomic E-state index is 0. The molecule has 0 aromatic heterocycles. The van der Waals surface area contributed by atoms with Crippen LogP contribution in [-0.4, -0.2) is 0 Å².